The van der Waals surface area contributed by atoms with Crippen molar-refractivity contribution in [3.05, 3.63) is 65.2 Å². The van der Waals surface area contributed by atoms with Crippen LogP contribution in [0.1, 0.15) is 23.1 Å². The van der Waals surface area contributed by atoms with E-state index in [0.717, 1.165) is 16.9 Å². The number of aliphatic carboxylic acids is 1. The van der Waals surface area contributed by atoms with E-state index in [9.17, 15) is 4.79 Å². The zero-order valence-corrected chi connectivity index (χ0v) is 11.5. The molecular formula is C17H18O3. The number of benzene rings is 2. The number of carboxylic acids is 1. The third-order valence-electron chi connectivity index (χ3n) is 3.23. The lowest BCUT2D eigenvalue weighted by Crippen LogP contribution is -2.02. The summed E-state index contributed by atoms with van der Waals surface area (Å²) in [6, 6.07) is 15.7. The molecule has 1 N–H and O–H groups in total. The maximum absolute atomic E-state index is 10.7. The van der Waals surface area contributed by atoms with E-state index in [1.54, 1.807) is 0 Å². The average Bonchev–Trinajstić information content (AvgIpc) is 2.45. The van der Waals surface area contributed by atoms with Gasteiger partial charge in [0, 0.05) is 6.42 Å². The Morgan fingerprint density at radius 1 is 1.05 bits per heavy atom. The van der Waals surface area contributed by atoms with Crippen molar-refractivity contribution in [2.45, 2.75) is 26.4 Å². The SMILES string of the molecule is Cc1ccccc1COc1ccccc1CCC(=O)O. The molecule has 2 aromatic carbocycles. The molecule has 0 saturated carbocycles. The van der Waals surface area contributed by atoms with E-state index < -0.39 is 5.97 Å². The topological polar surface area (TPSA) is 46.5 Å². The summed E-state index contributed by atoms with van der Waals surface area (Å²) in [6.45, 7) is 2.55. The average molecular weight is 270 g/mol. The van der Waals surface area contributed by atoms with Crippen molar-refractivity contribution in [2.75, 3.05) is 0 Å². The smallest absolute Gasteiger partial charge is 0.303 e. The Morgan fingerprint density at radius 3 is 2.40 bits per heavy atom. The molecule has 2 aromatic rings. The minimum absolute atomic E-state index is 0.116. The summed E-state index contributed by atoms with van der Waals surface area (Å²) >= 11 is 0. The second-order valence-electron chi connectivity index (χ2n) is 4.72. The largest absolute Gasteiger partial charge is 0.489 e. The molecule has 0 heterocycles. The van der Waals surface area contributed by atoms with Crippen LogP contribution in [0.4, 0.5) is 0 Å². The van der Waals surface area contributed by atoms with Gasteiger partial charge in [0.2, 0.25) is 0 Å². The van der Waals surface area contributed by atoms with Crippen LogP contribution >= 0.6 is 0 Å². The first-order valence-electron chi connectivity index (χ1n) is 6.64. The van der Waals surface area contributed by atoms with E-state index >= 15 is 0 Å². The molecule has 0 unspecified atom stereocenters. The van der Waals surface area contributed by atoms with Crippen LogP contribution in [0.3, 0.4) is 0 Å². The van der Waals surface area contributed by atoms with E-state index in [1.165, 1.54) is 5.56 Å². The molecule has 20 heavy (non-hydrogen) atoms. The number of carboxylic acid groups (broad SMARTS) is 1. The second-order valence-corrected chi connectivity index (χ2v) is 4.72. The maximum Gasteiger partial charge on any atom is 0.303 e. The Hall–Kier alpha value is -2.29. The van der Waals surface area contributed by atoms with Crippen molar-refractivity contribution < 1.29 is 14.6 Å². The number of carbonyl (C=O) groups is 1. The highest BCUT2D eigenvalue weighted by atomic mass is 16.5. The lowest BCUT2D eigenvalue weighted by molar-refractivity contribution is -0.136. The van der Waals surface area contributed by atoms with E-state index in [1.807, 2.05) is 42.5 Å². The lowest BCUT2D eigenvalue weighted by Gasteiger charge is -2.12. The molecule has 0 spiro atoms. The molecule has 3 heteroatoms. The number of aryl methyl sites for hydroxylation is 2. The van der Waals surface area contributed by atoms with Crippen molar-refractivity contribution in [1.29, 1.82) is 0 Å². The summed E-state index contributed by atoms with van der Waals surface area (Å²) < 4.78 is 5.84. The molecule has 0 aliphatic rings. The minimum atomic E-state index is -0.793. The fraction of sp³-hybridized carbons (Fsp3) is 0.235. The Balaban J connectivity index is 2.06. The van der Waals surface area contributed by atoms with Crippen LogP contribution in [-0.2, 0) is 17.8 Å². The Labute approximate surface area is 118 Å². The molecule has 104 valence electrons. The van der Waals surface area contributed by atoms with Gasteiger partial charge in [-0.15, -0.1) is 0 Å². The van der Waals surface area contributed by atoms with Crippen molar-refractivity contribution in [1.82, 2.24) is 0 Å². The monoisotopic (exact) mass is 270 g/mol. The fourth-order valence-electron chi connectivity index (χ4n) is 2.02. The van der Waals surface area contributed by atoms with Gasteiger partial charge < -0.3 is 9.84 Å². The Morgan fingerprint density at radius 2 is 1.70 bits per heavy atom. The van der Waals surface area contributed by atoms with Gasteiger partial charge in [-0.1, -0.05) is 42.5 Å². The van der Waals surface area contributed by atoms with E-state index in [4.69, 9.17) is 9.84 Å². The van der Waals surface area contributed by atoms with Crippen molar-refractivity contribution >= 4 is 5.97 Å². The highest BCUT2D eigenvalue weighted by Gasteiger charge is 2.06. The Bertz CT molecular complexity index is 590. The van der Waals surface area contributed by atoms with Gasteiger partial charge >= 0.3 is 5.97 Å². The summed E-state index contributed by atoms with van der Waals surface area (Å²) in [5, 5.41) is 8.77. The number of hydrogen-bond acceptors (Lipinski definition) is 2. The molecule has 0 saturated heterocycles. The predicted octanol–water partition coefficient (Wildman–Crippen LogP) is 3.59. The standard InChI is InChI=1S/C17H18O3/c1-13-6-2-3-8-15(13)12-20-16-9-5-4-7-14(16)10-11-17(18)19/h2-9H,10-12H2,1H3,(H,18,19). The van der Waals surface area contributed by atoms with Crippen molar-refractivity contribution in [3.8, 4) is 5.75 Å². The quantitative estimate of drug-likeness (QED) is 0.872. The van der Waals surface area contributed by atoms with Gasteiger partial charge in [0.15, 0.2) is 0 Å². The third-order valence-corrected chi connectivity index (χ3v) is 3.23. The highest BCUT2D eigenvalue weighted by molar-refractivity contribution is 5.67. The molecule has 0 aromatic heterocycles. The van der Waals surface area contributed by atoms with Crippen LogP contribution in [0.15, 0.2) is 48.5 Å². The van der Waals surface area contributed by atoms with Crippen LogP contribution in [0.2, 0.25) is 0 Å². The third kappa shape index (κ3) is 3.85. The molecule has 0 atom stereocenters. The summed E-state index contributed by atoms with van der Waals surface area (Å²) in [6.07, 6.45) is 0.601. The fourth-order valence-corrected chi connectivity index (χ4v) is 2.02. The normalized spacial score (nSPS) is 10.2. The minimum Gasteiger partial charge on any atom is -0.489 e. The molecule has 0 aliphatic carbocycles. The molecule has 3 nitrogen and oxygen atoms in total. The molecule has 2 rings (SSSR count). The van der Waals surface area contributed by atoms with Crippen LogP contribution in [0, 0.1) is 6.92 Å². The maximum atomic E-state index is 10.7. The van der Waals surface area contributed by atoms with Crippen LogP contribution < -0.4 is 4.74 Å². The first kappa shape index (κ1) is 14.1. The molecule has 0 aliphatic heterocycles. The summed E-state index contributed by atoms with van der Waals surface area (Å²) in [5.41, 5.74) is 3.26. The number of hydrogen-bond donors (Lipinski definition) is 1. The summed E-state index contributed by atoms with van der Waals surface area (Å²) in [7, 11) is 0. The molecule has 0 radical (unpaired) electrons. The summed E-state index contributed by atoms with van der Waals surface area (Å²) in [5.74, 6) is -0.0318. The van der Waals surface area contributed by atoms with E-state index in [-0.39, 0.29) is 6.42 Å². The first-order valence-corrected chi connectivity index (χ1v) is 6.64. The summed E-state index contributed by atoms with van der Waals surface area (Å²) in [4.78, 5) is 10.7. The zero-order chi connectivity index (χ0) is 14.4. The van der Waals surface area contributed by atoms with Gasteiger partial charge in [-0.2, -0.15) is 0 Å². The van der Waals surface area contributed by atoms with Crippen LogP contribution in [0.5, 0.6) is 5.75 Å². The van der Waals surface area contributed by atoms with E-state index in [0.29, 0.717) is 13.0 Å². The van der Waals surface area contributed by atoms with Crippen molar-refractivity contribution in [2.24, 2.45) is 0 Å². The van der Waals surface area contributed by atoms with Gasteiger partial charge in [-0.3, -0.25) is 4.79 Å². The van der Waals surface area contributed by atoms with Gasteiger partial charge in [0.05, 0.1) is 0 Å². The van der Waals surface area contributed by atoms with Gasteiger partial charge in [-0.25, -0.2) is 0 Å². The molecule has 0 fully saturated rings. The molecule has 0 amide bonds. The van der Waals surface area contributed by atoms with Gasteiger partial charge in [0.25, 0.3) is 0 Å². The van der Waals surface area contributed by atoms with E-state index in [2.05, 4.69) is 13.0 Å². The number of rotatable bonds is 6. The molecule has 0 bridgehead atoms. The lowest BCUT2D eigenvalue weighted by atomic mass is 10.1. The van der Waals surface area contributed by atoms with Gasteiger partial charge in [0.1, 0.15) is 12.4 Å². The first-order chi connectivity index (χ1) is 9.66. The second kappa shape index (κ2) is 6.75. The van der Waals surface area contributed by atoms with Crippen LogP contribution in [0.25, 0.3) is 0 Å². The Kier molecular flexibility index (Phi) is 4.77. The highest BCUT2D eigenvalue weighted by Crippen LogP contribution is 2.21. The number of ether oxygens (including phenoxy) is 1. The predicted molar refractivity (Wildman–Crippen MR) is 77.9 cm³/mol. The van der Waals surface area contributed by atoms with Crippen molar-refractivity contribution in [3.63, 3.8) is 0 Å². The van der Waals surface area contributed by atoms with Gasteiger partial charge in [-0.05, 0) is 36.1 Å². The molecular weight excluding hydrogens is 252 g/mol. The zero-order valence-electron chi connectivity index (χ0n) is 11.5. The van der Waals surface area contributed by atoms with Crippen LogP contribution in [-0.4, -0.2) is 11.1 Å². The number of para-hydroxylation sites is 1.